The minimum absolute atomic E-state index is 0.600. The summed E-state index contributed by atoms with van der Waals surface area (Å²) < 4.78 is 9.41. The number of benzene rings is 3. The van der Waals surface area contributed by atoms with Gasteiger partial charge in [-0.05, 0) is 43.7 Å². The number of ether oxygens (including phenoxy) is 1. The molecule has 160 valence electrons. The standard InChI is InChI=1S/C26H24N4OS/c1-18-11-12-24(19(2)15-18)31-14-13-30-17-20(21-7-3-5-9-23(21)30)16-27-29-26-28-22-8-4-6-10-25(22)32-26/h3-12,15-17H,13-14H2,1-2H3,(H,28,29)/b27-16+. The summed E-state index contributed by atoms with van der Waals surface area (Å²) >= 11 is 1.59. The van der Waals surface area contributed by atoms with Crippen LogP contribution in [0.5, 0.6) is 5.75 Å². The lowest BCUT2D eigenvalue weighted by atomic mass is 10.1. The Labute approximate surface area is 191 Å². The van der Waals surface area contributed by atoms with E-state index >= 15 is 0 Å². The molecule has 0 saturated heterocycles. The molecule has 0 saturated carbocycles. The van der Waals surface area contributed by atoms with E-state index in [1.165, 1.54) is 5.56 Å². The average Bonchev–Trinajstić information content (AvgIpc) is 3.37. The molecule has 0 atom stereocenters. The van der Waals surface area contributed by atoms with Crippen LogP contribution in [0.15, 0.2) is 78.0 Å². The minimum atomic E-state index is 0.600. The van der Waals surface area contributed by atoms with Crippen molar-refractivity contribution in [3.63, 3.8) is 0 Å². The number of aromatic nitrogens is 2. The molecule has 0 aliphatic rings. The molecule has 5 rings (SSSR count). The zero-order valence-corrected chi connectivity index (χ0v) is 18.9. The fourth-order valence-electron chi connectivity index (χ4n) is 3.86. The summed E-state index contributed by atoms with van der Waals surface area (Å²) in [7, 11) is 0. The first-order valence-electron chi connectivity index (χ1n) is 10.6. The maximum absolute atomic E-state index is 6.05. The third kappa shape index (κ3) is 4.22. The fourth-order valence-corrected chi connectivity index (χ4v) is 4.67. The average molecular weight is 441 g/mol. The molecule has 0 unspecified atom stereocenters. The van der Waals surface area contributed by atoms with Crippen LogP contribution >= 0.6 is 11.3 Å². The van der Waals surface area contributed by atoms with Crippen molar-refractivity contribution in [3.8, 4) is 5.75 Å². The molecule has 5 aromatic rings. The Hall–Kier alpha value is -3.64. The van der Waals surface area contributed by atoms with Gasteiger partial charge in [-0.25, -0.2) is 4.98 Å². The summed E-state index contributed by atoms with van der Waals surface area (Å²) in [6.45, 7) is 5.54. The highest BCUT2D eigenvalue weighted by Crippen LogP contribution is 2.26. The summed E-state index contributed by atoms with van der Waals surface area (Å²) in [6.07, 6.45) is 3.98. The second kappa shape index (κ2) is 8.85. The maximum Gasteiger partial charge on any atom is 0.204 e. The number of aryl methyl sites for hydroxylation is 2. The number of thiazole rings is 1. The topological polar surface area (TPSA) is 51.4 Å². The first-order chi connectivity index (χ1) is 15.7. The van der Waals surface area contributed by atoms with E-state index < -0.39 is 0 Å². The van der Waals surface area contributed by atoms with Crippen LogP contribution in [0.2, 0.25) is 0 Å². The van der Waals surface area contributed by atoms with E-state index in [1.54, 1.807) is 11.3 Å². The first-order valence-corrected chi connectivity index (χ1v) is 11.4. The largest absolute Gasteiger partial charge is 0.491 e. The van der Waals surface area contributed by atoms with Crippen LogP contribution in [0.25, 0.3) is 21.1 Å². The molecule has 2 aromatic heterocycles. The Morgan fingerprint density at radius 2 is 1.91 bits per heavy atom. The van der Waals surface area contributed by atoms with Crippen LogP contribution in [-0.4, -0.2) is 22.4 Å². The molecule has 6 heteroatoms. The maximum atomic E-state index is 6.05. The molecule has 0 fully saturated rings. The van der Waals surface area contributed by atoms with Gasteiger partial charge in [0, 0.05) is 22.7 Å². The molecule has 2 heterocycles. The van der Waals surface area contributed by atoms with Crippen molar-refractivity contribution in [3.05, 3.63) is 89.6 Å². The fraction of sp³-hybridized carbons (Fsp3) is 0.154. The number of fused-ring (bicyclic) bond motifs is 2. The molecular weight excluding hydrogens is 416 g/mol. The molecule has 32 heavy (non-hydrogen) atoms. The third-order valence-corrected chi connectivity index (χ3v) is 6.34. The number of hydrazone groups is 1. The molecule has 0 bridgehead atoms. The van der Waals surface area contributed by atoms with Crippen LogP contribution in [0.1, 0.15) is 16.7 Å². The molecule has 0 spiro atoms. The van der Waals surface area contributed by atoms with E-state index in [9.17, 15) is 0 Å². The van der Waals surface area contributed by atoms with Crippen LogP contribution in [0.4, 0.5) is 5.13 Å². The monoisotopic (exact) mass is 440 g/mol. The van der Waals surface area contributed by atoms with E-state index in [-0.39, 0.29) is 0 Å². The van der Waals surface area contributed by atoms with Crippen molar-refractivity contribution in [2.75, 3.05) is 12.0 Å². The highest BCUT2D eigenvalue weighted by Gasteiger charge is 2.08. The lowest BCUT2D eigenvalue weighted by Crippen LogP contribution is -2.08. The van der Waals surface area contributed by atoms with Crippen LogP contribution in [-0.2, 0) is 6.54 Å². The summed E-state index contributed by atoms with van der Waals surface area (Å²) in [5.74, 6) is 0.939. The Morgan fingerprint density at radius 1 is 1.06 bits per heavy atom. The normalized spacial score (nSPS) is 11.6. The lowest BCUT2D eigenvalue weighted by molar-refractivity contribution is 0.298. The van der Waals surface area contributed by atoms with Gasteiger partial charge in [0.15, 0.2) is 0 Å². The first kappa shape index (κ1) is 20.3. The Morgan fingerprint density at radius 3 is 2.78 bits per heavy atom. The van der Waals surface area contributed by atoms with Crippen LogP contribution in [0.3, 0.4) is 0 Å². The molecular formula is C26H24N4OS. The van der Waals surface area contributed by atoms with Crippen molar-refractivity contribution < 1.29 is 4.74 Å². The van der Waals surface area contributed by atoms with Gasteiger partial charge in [0.05, 0.1) is 23.0 Å². The number of nitrogens with zero attached hydrogens (tertiary/aromatic N) is 3. The van der Waals surface area contributed by atoms with Crippen molar-refractivity contribution in [2.24, 2.45) is 5.10 Å². The Bertz CT molecular complexity index is 1380. The van der Waals surface area contributed by atoms with Gasteiger partial charge >= 0.3 is 0 Å². The van der Waals surface area contributed by atoms with E-state index in [2.05, 4.69) is 82.6 Å². The second-order valence-electron chi connectivity index (χ2n) is 7.77. The van der Waals surface area contributed by atoms with Gasteiger partial charge in [-0.2, -0.15) is 5.10 Å². The number of hydrogen-bond donors (Lipinski definition) is 1. The molecule has 0 radical (unpaired) electrons. The number of para-hydroxylation sites is 2. The smallest absolute Gasteiger partial charge is 0.204 e. The molecule has 0 amide bonds. The molecule has 0 aliphatic carbocycles. The van der Waals surface area contributed by atoms with Crippen LogP contribution in [0, 0.1) is 13.8 Å². The van der Waals surface area contributed by atoms with Gasteiger partial charge in [0.25, 0.3) is 0 Å². The summed E-state index contributed by atoms with van der Waals surface area (Å²) in [5, 5.41) is 6.39. The van der Waals surface area contributed by atoms with Gasteiger partial charge in [-0.15, -0.1) is 0 Å². The highest BCUT2D eigenvalue weighted by atomic mass is 32.1. The number of rotatable bonds is 7. The zero-order valence-electron chi connectivity index (χ0n) is 18.1. The third-order valence-electron chi connectivity index (χ3n) is 5.40. The number of nitrogens with one attached hydrogen (secondary N) is 1. The minimum Gasteiger partial charge on any atom is -0.491 e. The number of anilines is 1. The van der Waals surface area contributed by atoms with Gasteiger partial charge < -0.3 is 9.30 Å². The molecule has 3 aromatic carbocycles. The quantitative estimate of drug-likeness (QED) is 0.236. The molecule has 5 nitrogen and oxygen atoms in total. The molecule has 1 N–H and O–H groups in total. The lowest BCUT2D eigenvalue weighted by Gasteiger charge is -2.11. The van der Waals surface area contributed by atoms with Gasteiger partial charge in [-0.3, -0.25) is 5.43 Å². The van der Waals surface area contributed by atoms with Gasteiger partial charge in [-0.1, -0.05) is 59.4 Å². The SMILES string of the molecule is Cc1ccc(OCCn2cc(/C=N/Nc3nc4ccccc4s3)c3ccccc32)c(C)c1. The van der Waals surface area contributed by atoms with Crippen molar-refractivity contribution in [2.45, 2.75) is 20.4 Å². The summed E-state index contributed by atoms with van der Waals surface area (Å²) in [6, 6.07) is 22.7. The number of hydrogen-bond acceptors (Lipinski definition) is 5. The van der Waals surface area contributed by atoms with Crippen molar-refractivity contribution >= 4 is 43.8 Å². The van der Waals surface area contributed by atoms with Gasteiger partial charge in [0.2, 0.25) is 5.13 Å². The van der Waals surface area contributed by atoms with Crippen molar-refractivity contribution in [1.82, 2.24) is 9.55 Å². The van der Waals surface area contributed by atoms with Gasteiger partial charge in [0.1, 0.15) is 12.4 Å². The van der Waals surface area contributed by atoms with E-state index in [0.717, 1.165) is 49.7 Å². The second-order valence-corrected chi connectivity index (χ2v) is 8.80. The summed E-state index contributed by atoms with van der Waals surface area (Å²) in [4.78, 5) is 4.57. The van der Waals surface area contributed by atoms with E-state index in [4.69, 9.17) is 4.74 Å². The molecule has 0 aliphatic heterocycles. The van der Waals surface area contributed by atoms with E-state index in [0.29, 0.717) is 6.61 Å². The van der Waals surface area contributed by atoms with E-state index in [1.807, 2.05) is 30.5 Å². The Kier molecular flexibility index (Phi) is 5.60. The predicted octanol–water partition coefficient (Wildman–Crippen LogP) is 6.39. The van der Waals surface area contributed by atoms with Crippen molar-refractivity contribution in [1.29, 1.82) is 0 Å². The van der Waals surface area contributed by atoms with Crippen LogP contribution < -0.4 is 10.2 Å². The Balaban J connectivity index is 1.31. The highest BCUT2D eigenvalue weighted by molar-refractivity contribution is 7.22. The summed E-state index contributed by atoms with van der Waals surface area (Å²) in [5.41, 5.74) is 8.69. The zero-order chi connectivity index (χ0) is 21.9. The predicted molar refractivity (Wildman–Crippen MR) is 134 cm³/mol.